The van der Waals surface area contributed by atoms with Gasteiger partial charge in [0, 0.05) is 28.7 Å². The Labute approximate surface area is 158 Å². The van der Waals surface area contributed by atoms with Crippen molar-refractivity contribution in [3.63, 3.8) is 0 Å². The lowest BCUT2D eigenvalue weighted by Crippen LogP contribution is -2.33. The number of aromatic amines is 1. The summed E-state index contributed by atoms with van der Waals surface area (Å²) in [7, 11) is 0. The molecule has 3 heterocycles. The Kier molecular flexibility index (Phi) is 3.62. The third-order valence-corrected chi connectivity index (χ3v) is 4.74. The summed E-state index contributed by atoms with van der Waals surface area (Å²) < 4.78 is 1.11. The van der Waals surface area contributed by atoms with Crippen molar-refractivity contribution in [3.05, 3.63) is 100 Å². The van der Waals surface area contributed by atoms with E-state index < -0.39 is 11.2 Å². The van der Waals surface area contributed by atoms with E-state index in [1.807, 2.05) is 54.6 Å². The molecule has 0 fully saturated rings. The molecule has 0 unspecified atom stereocenters. The second-order valence-corrected chi connectivity index (χ2v) is 6.43. The lowest BCUT2D eigenvalue weighted by Gasteiger charge is -2.09. The quantitative estimate of drug-likeness (QED) is 0.520. The van der Waals surface area contributed by atoms with Gasteiger partial charge in [0.15, 0.2) is 0 Å². The second kappa shape index (κ2) is 6.28. The van der Waals surface area contributed by atoms with Crippen LogP contribution in [0, 0.1) is 0 Å². The molecule has 134 valence electrons. The molecule has 0 spiro atoms. The molecule has 0 radical (unpaired) electrons. The zero-order valence-electron chi connectivity index (χ0n) is 14.7. The maximum atomic E-state index is 13.1. The van der Waals surface area contributed by atoms with Gasteiger partial charge in [-0.05, 0) is 6.07 Å². The van der Waals surface area contributed by atoms with Gasteiger partial charge in [0.2, 0.25) is 0 Å². The summed E-state index contributed by atoms with van der Waals surface area (Å²) in [5, 5.41) is 1.97. The average Bonchev–Trinajstić information content (AvgIpc) is 2.74. The molecule has 0 bridgehead atoms. The molecular formula is C22H14N4O2. The van der Waals surface area contributed by atoms with Gasteiger partial charge in [0.05, 0.1) is 28.5 Å². The van der Waals surface area contributed by atoms with Crippen molar-refractivity contribution in [2.24, 2.45) is 0 Å². The number of H-pyrrole nitrogens is 1. The van der Waals surface area contributed by atoms with E-state index in [0.717, 1.165) is 20.9 Å². The van der Waals surface area contributed by atoms with Gasteiger partial charge in [-0.3, -0.25) is 14.8 Å². The molecule has 0 saturated carbocycles. The van der Waals surface area contributed by atoms with Crippen molar-refractivity contribution in [3.8, 4) is 16.9 Å². The summed E-state index contributed by atoms with van der Waals surface area (Å²) in [5.41, 5.74) is 1.55. The van der Waals surface area contributed by atoms with E-state index in [0.29, 0.717) is 22.3 Å². The van der Waals surface area contributed by atoms with E-state index in [1.165, 1.54) is 12.4 Å². The van der Waals surface area contributed by atoms with Crippen molar-refractivity contribution in [2.75, 3.05) is 0 Å². The zero-order chi connectivity index (χ0) is 19.1. The smallest absolute Gasteiger partial charge is 0.306 e. The van der Waals surface area contributed by atoms with Crippen LogP contribution in [0.15, 0.2) is 88.8 Å². The normalized spacial score (nSPS) is 11.1. The van der Waals surface area contributed by atoms with Gasteiger partial charge in [-0.25, -0.2) is 9.36 Å². The highest BCUT2D eigenvalue weighted by Gasteiger charge is 2.13. The standard InChI is InChI=1S/C22H14N4O2/c27-21-17-12-24-18(14-6-2-1-3-7-14)10-19(17)25-22(28)26(21)20-13-23-11-15-8-4-5-9-16(15)20/h1-13H,(H,25,28). The molecule has 28 heavy (non-hydrogen) atoms. The summed E-state index contributed by atoms with van der Waals surface area (Å²) in [6.07, 6.45) is 4.73. The minimum absolute atomic E-state index is 0.340. The van der Waals surface area contributed by atoms with E-state index in [1.54, 1.807) is 12.3 Å². The topological polar surface area (TPSA) is 80.6 Å². The first-order chi connectivity index (χ1) is 13.7. The predicted molar refractivity (Wildman–Crippen MR) is 109 cm³/mol. The van der Waals surface area contributed by atoms with Gasteiger partial charge in [0.1, 0.15) is 0 Å². The summed E-state index contributed by atoms with van der Waals surface area (Å²) in [6.45, 7) is 0. The highest BCUT2D eigenvalue weighted by atomic mass is 16.2. The third-order valence-electron chi connectivity index (χ3n) is 4.74. The number of rotatable bonds is 2. The molecule has 0 aliphatic carbocycles. The van der Waals surface area contributed by atoms with Gasteiger partial charge in [0.25, 0.3) is 5.56 Å². The number of nitrogens with one attached hydrogen (secondary N) is 1. The van der Waals surface area contributed by atoms with Gasteiger partial charge >= 0.3 is 5.69 Å². The van der Waals surface area contributed by atoms with Crippen molar-refractivity contribution in [1.82, 2.24) is 19.5 Å². The van der Waals surface area contributed by atoms with Crippen LogP contribution < -0.4 is 11.2 Å². The fourth-order valence-electron chi connectivity index (χ4n) is 3.38. The Morgan fingerprint density at radius 2 is 1.61 bits per heavy atom. The molecule has 2 aromatic carbocycles. The van der Waals surface area contributed by atoms with Crippen molar-refractivity contribution >= 4 is 21.7 Å². The largest absolute Gasteiger partial charge is 0.333 e. The van der Waals surface area contributed by atoms with Crippen molar-refractivity contribution in [1.29, 1.82) is 0 Å². The van der Waals surface area contributed by atoms with Gasteiger partial charge < -0.3 is 4.98 Å². The lowest BCUT2D eigenvalue weighted by molar-refractivity contribution is 0.901. The van der Waals surface area contributed by atoms with Crippen molar-refractivity contribution in [2.45, 2.75) is 0 Å². The first-order valence-electron chi connectivity index (χ1n) is 8.76. The van der Waals surface area contributed by atoms with Crippen LogP contribution in [0.5, 0.6) is 0 Å². The van der Waals surface area contributed by atoms with Crippen molar-refractivity contribution < 1.29 is 0 Å². The van der Waals surface area contributed by atoms with Crippen LogP contribution in [0.3, 0.4) is 0 Å². The van der Waals surface area contributed by atoms with E-state index in [-0.39, 0.29) is 0 Å². The molecule has 0 aliphatic heterocycles. The Morgan fingerprint density at radius 3 is 2.46 bits per heavy atom. The van der Waals surface area contributed by atoms with Crippen LogP contribution >= 0.6 is 0 Å². The highest BCUT2D eigenvalue weighted by molar-refractivity contribution is 5.89. The number of aromatic nitrogens is 4. The summed E-state index contributed by atoms with van der Waals surface area (Å²) in [4.78, 5) is 37.3. The average molecular weight is 366 g/mol. The first kappa shape index (κ1) is 16.1. The maximum absolute atomic E-state index is 13.1. The molecule has 0 aliphatic rings. The monoisotopic (exact) mass is 366 g/mol. The number of fused-ring (bicyclic) bond motifs is 2. The Balaban J connectivity index is 1.78. The lowest BCUT2D eigenvalue weighted by atomic mass is 10.1. The van der Waals surface area contributed by atoms with E-state index in [9.17, 15) is 9.59 Å². The molecule has 0 saturated heterocycles. The molecule has 5 rings (SSSR count). The van der Waals surface area contributed by atoms with Gasteiger partial charge in [-0.15, -0.1) is 0 Å². The SMILES string of the molecule is O=c1[nH]c2cc(-c3ccccc3)ncc2c(=O)n1-c1cncc2ccccc12. The fraction of sp³-hybridized carbons (Fsp3) is 0. The summed E-state index contributed by atoms with van der Waals surface area (Å²) in [6, 6.07) is 18.8. The Bertz CT molecular complexity index is 1450. The second-order valence-electron chi connectivity index (χ2n) is 6.43. The molecule has 5 aromatic rings. The minimum Gasteiger partial charge on any atom is -0.306 e. The molecule has 6 nitrogen and oxygen atoms in total. The number of benzene rings is 2. The van der Waals surface area contributed by atoms with Gasteiger partial charge in [-0.2, -0.15) is 0 Å². The molecule has 1 N–H and O–H groups in total. The fourth-order valence-corrected chi connectivity index (χ4v) is 3.38. The Morgan fingerprint density at radius 1 is 0.821 bits per heavy atom. The van der Waals surface area contributed by atoms with Crippen LogP contribution in [0.1, 0.15) is 0 Å². The third kappa shape index (κ3) is 2.51. The van der Waals surface area contributed by atoms with E-state index in [4.69, 9.17) is 0 Å². The maximum Gasteiger partial charge on any atom is 0.333 e. The predicted octanol–water partition coefficient (Wildman–Crippen LogP) is 3.29. The molecule has 3 aromatic heterocycles. The molecular weight excluding hydrogens is 352 g/mol. The Hall–Kier alpha value is -4.06. The van der Waals surface area contributed by atoms with Crippen LogP contribution in [0.2, 0.25) is 0 Å². The minimum atomic E-state index is -0.513. The first-order valence-corrected chi connectivity index (χ1v) is 8.76. The zero-order valence-corrected chi connectivity index (χ0v) is 14.7. The van der Waals surface area contributed by atoms with Crippen LogP contribution in [-0.4, -0.2) is 19.5 Å². The van der Waals surface area contributed by atoms with E-state index in [2.05, 4.69) is 15.0 Å². The highest BCUT2D eigenvalue weighted by Crippen LogP contribution is 2.21. The summed E-state index contributed by atoms with van der Waals surface area (Å²) in [5.74, 6) is 0. The number of hydrogen-bond donors (Lipinski definition) is 1. The number of hydrogen-bond acceptors (Lipinski definition) is 4. The molecule has 0 atom stereocenters. The number of nitrogens with zero attached hydrogens (tertiary/aromatic N) is 3. The summed E-state index contributed by atoms with van der Waals surface area (Å²) >= 11 is 0. The van der Waals surface area contributed by atoms with Crippen LogP contribution in [0.4, 0.5) is 0 Å². The van der Waals surface area contributed by atoms with E-state index >= 15 is 0 Å². The van der Waals surface area contributed by atoms with Gasteiger partial charge in [-0.1, -0.05) is 54.6 Å². The number of pyridine rings is 2. The van der Waals surface area contributed by atoms with Crippen LogP contribution in [-0.2, 0) is 0 Å². The van der Waals surface area contributed by atoms with Crippen LogP contribution in [0.25, 0.3) is 38.6 Å². The molecule has 0 amide bonds. The molecule has 6 heteroatoms.